The van der Waals surface area contributed by atoms with E-state index in [1.54, 1.807) is 0 Å². The van der Waals surface area contributed by atoms with E-state index in [1.807, 2.05) is 43.5 Å². The number of anilines is 2. The van der Waals surface area contributed by atoms with Crippen LogP contribution in [0, 0.1) is 6.92 Å². The molecule has 34 heavy (non-hydrogen) atoms. The summed E-state index contributed by atoms with van der Waals surface area (Å²) in [5.41, 5.74) is 5.51. The van der Waals surface area contributed by atoms with E-state index >= 15 is 0 Å². The molecule has 0 bridgehead atoms. The molecule has 1 N–H and O–H groups in total. The van der Waals surface area contributed by atoms with E-state index in [1.165, 1.54) is 0 Å². The molecule has 7 heteroatoms. The van der Waals surface area contributed by atoms with Crippen LogP contribution >= 0.6 is 23.2 Å². The predicted molar refractivity (Wildman–Crippen MR) is 141 cm³/mol. The molecule has 2 aromatic rings. The molecule has 172 valence electrons. The highest BCUT2D eigenvalue weighted by Gasteiger charge is 2.17. The molecule has 0 amide bonds. The molecule has 0 saturated heterocycles. The number of hydrogen-bond acceptors (Lipinski definition) is 4. The molecule has 0 radical (unpaired) electrons. The first-order valence-electron chi connectivity index (χ1n) is 11.4. The van der Waals surface area contributed by atoms with Crippen LogP contribution in [0.4, 0.5) is 11.4 Å². The third-order valence-electron chi connectivity index (χ3n) is 5.67. The molecule has 0 atom stereocenters. The van der Waals surface area contributed by atoms with Crippen LogP contribution in [0.1, 0.15) is 32.4 Å². The minimum atomic E-state index is 0.123. The van der Waals surface area contributed by atoms with Crippen molar-refractivity contribution in [2.24, 2.45) is 4.99 Å². The van der Waals surface area contributed by atoms with E-state index < -0.39 is 0 Å². The molecule has 0 spiro atoms. The molecule has 5 nitrogen and oxygen atoms in total. The summed E-state index contributed by atoms with van der Waals surface area (Å²) in [5.74, 6) is 0. The quantitative estimate of drug-likeness (QED) is 0.417. The van der Waals surface area contributed by atoms with Gasteiger partial charge in [0, 0.05) is 17.4 Å². The van der Waals surface area contributed by atoms with Crippen LogP contribution in [0.15, 0.2) is 53.7 Å². The van der Waals surface area contributed by atoms with Gasteiger partial charge in [-0.15, -0.1) is 0 Å². The van der Waals surface area contributed by atoms with Gasteiger partial charge in [0.25, 0.3) is 0 Å². The Labute approximate surface area is 208 Å². The molecule has 5 rings (SSSR count). The fourth-order valence-corrected chi connectivity index (χ4v) is 4.43. The summed E-state index contributed by atoms with van der Waals surface area (Å²) in [6.07, 6.45) is 8.18. The molecule has 2 heterocycles. The first-order chi connectivity index (χ1) is 16.4. The second kappa shape index (κ2) is 9.24. The van der Waals surface area contributed by atoms with Gasteiger partial charge in [-0.2, -0.15) is 0 Å². The molecule has 3 aliphatic rings. The third kappa shape index (κ3) is 4.46. The zero-order valence-electron chi connectivity index (χ0n) is 19.3. The van der Waals surface area contributed by atoms with Crippen LogP contribution in [0.3, 0.4) is 0 Å². The molecule has 1 aromatic heterocycles. The van der Waals surface area contributed by atoms with Crippen molar-refractivity contribution in [3.05, 3.63) is 80.5 Å². The number of benzene rings is 2. The molecule has 0 unspecified atom stereocenters. The van der Waals surface area contributed by atoms with E-state index in [9.17, 15) is 0 Å². The number of nitrogens with zero attached hydrogens (tertiary/aromatic N) is 4. The first kappa shape index (κ1) is 22.6. The Hall–Kier alpha value is -3.15. The summed E-state index contributed by atoms with van der Waals surface area (Å²) in [6, 6.07) is 14.0. The van der Waals surface area contributed by atoms with Gasteiger partial charge in [-0.05, 0) is 76.1 Å². The van der Waals surface area contributed by atoms with E-state index in [-0.39, 0.29) is 6.04 Å². The highest BCUT2D eigenvalue weighted by molar-refractivity contribution is 6.42. The number of nitrogens with one attached hydrogen (secondary N) is 1. The SMILES string of the molecule is Cc1ccc(Nc2cc3nc4c(n(-c5ccc(Cl)c(Cl)c5)c-3cc2=NC(C)C)=CCCC=4)cn1. The Bertz CT molecular complexity index is 1540. The second-order valence-electron chi connectivity index (χ2n) is 8.70. The van der Waals surface area contributed by atoms with Crippen molar-refractivity contribution in [3.8, 4) is 17.1 Å². The predicted octanol–water partition coefficient (Wildman–Crippen LogP) is 5.39. The molecule has 1 aromatic carbocycles. The summed E-state index contributed by atoms with van der Waals surface area (Å²) in [4.78, 5) is 14.3. The average molecular weight is 490 g/mol. The monoisotopic (exact) mass is 489 g/mol. The largest absolute Gasteiger partial charge is 0.352 e. The van der Waals surface area contributed by atoms with Crippen molar-refractivity contribution in [3.63, 3.8) is 0 Å². The number of rotatable bonds is 4. The van der Waals surface area contributed by atoms with Gasteiger partial charge in [0.1, 0.15) is 0 Å². The van der Waals surface area contributed by atoms with Crippen LogP contribution < -0.4 is 21.4 Å². The maximum absolute atomic E-state index is 6.41. The lowest BCUT2D eigenvalue weighted by Gasteiger charge is -2.20. The number of aryl methyl sites for hydroxylation is 1. The maximum Gasteiger partial charge on any atom is 0.0900 e. The Morgan fingerprint density at radius 3 is 2.56 bits per heavy atom. The number of fused-ring (bicyclic) bond motifs is 2. The molecule has 0 fully saturated rings. The van der Waals surface area contributed by atoms with Gasteiger partial charge >= 0.3 is 0 Å². The summed E-state index contributed by atoms with van der Waals surface area (Å²) >= 11 is 12.6. The standard InChI is InChI=1S/C27H25Cl2N5/c1-16(2)31-24-14-27-25(13-23(24)32-18-9-8-17(3)30-15-18)33-22-6-4-5-7-26(22)34(27)19-10-11-20(28)21(29)12-19/h6-16,32H,4-5H2,1-3H3. The van der Waals surface area contributed by atoms with Crippen molar-refractivity contribution in [2.75, 3.05) is 5.32 Å². The number of aromatic nitrogens is 3. The van der Waals surface area contributed by atoms with Gasteiger partial charge in [-0.1, -0.05) is 35.4 Å². The van der Waals surface area contributed by atoms with Gasteiger partial charge in [0.2, 0.25) is 0 Å². The minimum Gasteiger partial charge on any atom is -0.352 e. The zero-order valence-corrected chi connectivity index (χ0v) is 20.8. The fourth-order valence-electron chi connectivity index (χ4n) is 4.14. The molecule has 0 saturated carbocycles. The smallest absolute Gasteiger partial charge is 0.0900 e. The average Bonchev–Trinajstić information content (AvgIpc) is 2.81. The summed E-state index contributed by atoms with van der Waals surface area (Å²) in [6.45, 7) is 6.12. The van der Waals surface area contributed by atoms with Gasteiger partial charge < -0.3 is 9.88 Å². The van der Waals surface area contributed by atoms with Crippen molar-refractivity contribution in [2.45, 2.75) is 39.7 Å². The van der Waals surface area contributed by atoms with E-state index in [0.717, 1.165) is 63.0 Å². The van der Waals surface area contributed by atoms with Gasteiger partial charge in [0.05, 0.1) is 55.1 Å². The zero-order chi connectivity index (χ0) is 23.8. The Morgan fingerprint density at radius 2 is 1.82 bits per heavy atom. The molecular formula is C27H25Cl2N5. The molecular weight excluding hydrogens is 465 g/mol. The van der Waals surface area contributed by atoms with Crippen molar-refractivity contribution in [1.29, 1.82) is 0 Å². The molecule has 1 aliphatic heterocycles. The van der Waals surface area contributed by atoms with E-state index in [2.05, 4.69) is 53.0 Å². The van der Waals surface area contributed by atoms with Crippen LogP contribution in [-0.2, 0) is 0 Å². The Kier molecular flexibility index (Phi) is 6.15. The van der Waals surface area contributed by atoms with E-state index in [4.69, 9.17) is 33.2 Å². The Balaban J connectivity index is 1.82. The normalized spacial score (nSPS) is 13.5. The van der Waals surface area contributed by atoms with Crippen molar-refractivity contribution >= 4 is 46.7 Å². The summed E-state index contributed by atoms with van der Waals surface area (Å²) in [7, 11) is 0. The number of hydrogen-bond donors (Lipinski definition) is 1. The number of pyridine rings is 1. The third-order valence-corrected chi connectivity index (χ3v) is 6.41. The summed E-state index contributed by atoms with van der Waals surface area (Å²) in [5, 5.41) is 7.41. The van der Waals surface area contributed by atoms with Crippen molar-refractivity contribution in [1.82, 2.24) is 14.5 Å². The first-order valence-corrected chi connectivity index (χ1v) is 12.1. The molecule has 2 aliphatic carbocycles. The topological polar surface area (TPSA) is 55.1 Å². The summed E-state index contributed by atoms with van der Waals surface area (Å²) < 4.78 is 2.20. The van der Waals surface area contributed by atoms with E-state index in [0.29, 0.717) is 10.0 Å². The fraction of sp³-hybridized carbons (Fsp3) is 0.222. The Morgan fingerprint density at radius 1 is 1.00 bits per heavy atom. The highest BCUT2D eigenvalue weighted by Crippen LogP contribution is 2.28. The maximum atomic E-state index is 6.41. The lowest BCUT2D eigenvalue weighted by atomic mass is 10.1. The second-order valence-corrected chi connectivity index (χ2v) is 9.51. The van der Waals surface area contributed by atoms with Crippen molar-refractivity contribution < 1.29 is 0 Å². The lowest BCUT2D eigenvalue weighted by Crippen LogP contribution is -2.40. The van der Waals surface area contributed by atoms with Gasteiger partial charge in [-0.3, -0.25) is 9.98 Å². The highest BCUT2D eigenvalue weighted by atomic mass is 35.5. The van der Waals surface area contributed by atoms with Crippen LogP contribution in [0.5, 0.6) is 0 Å². The van der Waals surface area contributed by atoms with Crippen LogP contribution in [0.2, 0.25) is 10.0 Å². The van der Waals surface area contributed by atoms with Gasteiger partial charge in [-0.25, -0.2) is 4.98 Å². The minimum absolute atomic E-state index is 0.123. The number of halogens is 2. The van der Waals surface area contributed by atoms with Gasteiger partial charge in [0.15, 0.2) is 0 Å². The lowest BCUT2D eigenvalue weighted by molar-refractivity contribution is 0.805. The van der Waals surface area contributed by atoms with Crippen LogP contribution in [-0.4, -0.2) is 20.6 Å². The van der Waals surface area contributed by atoms with Crippen LogP contribution in [0.25, 0.3) is 29.2 Å².